The first-order chi connectivity index (χ1) is 7.21. The van der Waals surface area contributed by atoms with Crippen molar-refractivity contribution in [3.05, 3.63) is 53.9 Å². The van der Waals surface area contributed by atoms with E-state index in [1.807, 2.05) is 49.1 Å². The molecule has 0 N–H and O–H groups in total. The smallest absolute Gasteiger partial charge is 0.136 e. The van der Waals surface area contributed by atoms with Crippen LogP contribution in [0.2, 0.25) is 0 Å². The first kappa shape index (κ1) is 10.4. The molecule has 0 radical (unpaired) electrons. The molecule has 0 amide bonds. The van der Waals surface area contributed by atoms with Gasteiger partial charge in [0.25, 0.3) is 0 Å². The number of hydrogen-bond acceptors (Lipinski definition) is 1. The minimum atomic E-state index is -2.31. The minimum absolute atomic E-state index is 0.930. The highest BCUT2D eigenvalue weighted by molar-refractivity contribution is 7.74. The molecule has 1 aliphatic carbocycles. The number of allylic oxidation sites excluding steroid dienone is 4. The number of rotatable bonds is 2. The van der Waals surface area contributed by atoms with Crippen LogP contribution in [0.5, 0.6) is 0 Å². The predicted octanol–water partition coefficient (Wildman–Crippen LogP) is 3.54. The van der Waals surface area contributed by atoms with Crippen molar-refractivity contribution in [1.82, 2.24) is 0 Å². The molecule has 0 aliphatic heterocycles. The molecule has 1 aromatic rings. The topological polar surface area (TPSA) is 17.1 Å². The lowest BCUT2D eigenvalue weighted by Gasteiger charge is -2.18. The van der Waals surface area contributed by atoms with Crippen LogP contribution < -0.4 is 5.30 Å². The van der Waals surface area contributed by atoms with E-state index in [2.05, 4.69) is 6.08 Å². The van der Waals surface area contributed by atoms with Gasteiger partial charge >= 0.3 is 0 Å². The normalized spacial score (nSPS) is 19.4. The number of hydrogen-bond donors (Lipinski definition) is 0. The molecular weight excluding hydrogens is 203 g/mol. The van der Waals surface area contributed by atoms with Gasteiger partial charge in [-0.05, 0) is 24.8 Å². The van der Waals surface area contributed by atoms with Crippen LogP contribution in [0.4, 0.5) is 0 Å². The summed E-state index contributed by atoms with van der Waals surface area (Å²) < 4.78 is 12.7. The predicted molar refractivity (Wildman–Crippen MR) is 66.1 cm³/mol. The van der Waals surface area contributed by atoms with Crippen LogP contribution in [0, 0.1) is 0 Å². The van der Waals surface area contributed by atoms with Crippen LogP contribution in [0.25, 0.3) is 0 Å². The maximum Gasteiger partial charge on any atom is 0.136 e. The van der Waals surface area contributed by atoms with Gasteiger partial charge in [-0.25, -0.2) is 0 Å². The molecule has 1 aromatic carbocycles. The molecule has 0 bridgehead atoms. The highest BCUT2D eigenvalue weighted by Gasteiger charge is 2.23. The fourth-order valence-electron chi connectivity index (χ4n) is 1.82. The third-order valence-electron chi connectivity index (χ3n) is 2.79. The molecular formula is C13H15OP. The minimum Gasteiger partial charge on any atom is -0.314 e. The van der Waals surface area contributed by atoms with E-state index in [4.69, 9.17) is 0 Å². The van der Waals surface area contributed by atoms with Crippen LogP contribution in [0.3, 0.4) is 0 Å². The molecule has 0 saturated heterocycles. The van der Waals surface area contributed by atoms with E-state index in [0.29, 0.717) is 0 Å². The summed E-state index contributed by atoms with van der Waals surface area (Å²) in [4.78, 5) is 0. The lowest BCUT2D eigenvalue weighted by Crippen LogP contribution is -2.05. The van der Waals surface area contributed by atoms with Crippen molar-refractivity contribution in [2.75, 3.05) is 6.66 Å². The molecule has 2 rings (SSSR count). The van der Waals surface area contributed by atoms with Crippen molar-refractivity contribution >= 4 is 12.4 Å². The third-order valence-corrected chi connectivity index (χ3v) is 5.54. The average molecular weight is 218 g/mol. The highest BCUT2D eigenvalue weighted by atomic mass is 31.2. The largest absolute Gasteiger partial charge is 0.314 e. The van der Waals surface area contributed by atoms with Gasteiger partial charge in [0.15, 0.2) is 0 Å². The number of benzene rings is 1. The fourth-order valence-corrected chi connectivity index (χ4v) is 3.82. The first-order valence-corrected chi connectivity index (χ1v) is 7.36. The van der Waals surface area contributed by atoms with Crippen LogP contribution in [0.15, 0.2) is 53.9 Å². The Bertz CT molecular complexity index is 443. The van der Waals surface area contributed by atoms with Gasteiger partial charge in [-0.3, -0.25) is 0 Å². The van der Waals surface area contributed by atoms with Gasteiger partial charge in [-0.2, -0.15) is 0 Å². The van der Waals surface area contributed by atoms with Gasteiger partial charge in [0, 0.05) is 5.30 Å². The SMILES string of the molecule is CP(=O)(C1=CC=CCC1)c1ccccc1. The maximum absolute atomic E-state index is 12.7. The molecule has 0 heterocycles. The van der Waals surface area contributed by atoms with E-state index in [1.54, 1.807) is 0 Å². The lowest BCUT2D eigenvalue weighted by molar-refractivity contribution is 0.587. The van der Waals surface area contributed by atoms with Crippen LogP contribution in [-0.2, 0) is 4.57 Å². The van der Waals surface area contributed by atoms with E-state index in [9.17, 15) is 4.57 Å². The third kappa shape index (κ3) is 2.13. The van der Waals surface area contributed by atoms with Gasteiger partial charge in [0.2, 0.25) is 0 Å². The van der Waals surface area contributed by atoms with Gasteiger partial charge in [0.1, 0.15) is 7.14 Å². The summed E-state index contributed by atoms with van der Waals surface area (Å²) in [6.45, 7) is 1.87. The summed E-state index contributed by atoms with van der Waals surface area (Å²) in [5.41, 5.74) is 0. The van der Waals surface area contributed by atoms with Gasteiger partial charge < -0.3 is 4.57 Å². The van der Waals surface area contributed by atoms with Gasteiger partial charge in [-0.1, -0.05) is 48.6 Å². The fraction of sp³-hybridized carbons (Fsp3) is 0.231. The lowest BCUT2D eigenvalue weighted by atomic mass is 10.2. The molecule has 0 saturated carbocycles. The van der Waals surface area contributed by atoms with Crippen LogP contribution in [0.1, 0.15) is 12.8 Å². The van der Waals surface area contributed by atoms with E-state index < -0.39 is 7.14 Å². The second-order valence-electron chi connectivity index (χ2n) is 3.88. The zero-order valence-corrected chi connectivity index (χ0v) is 9.78. The molecule has 78 valence electrons. The average Bonchev–Trinajstić information content (AvgIpc) is 2.31. The Kier molecular flexibility index (Phi) is 2.93. The zero-order chi connectivity index (χ0) is 10.7. The monoisotopic (exact) mass is 218 g/mol. The molecule has 1 nitrogen and oxygen atoms in total. The molecule has 0 fully saturated rings. The second-order valence-corrected chi connectivity index (χ2v) is 6.82. The molecule has 15 heavy (non-hydrogen) atoms. The van der Waals surface area contributed by atoms with E-state index in [-0.39, 0.29) is 0 Å². The quantitative estimate of drug-likeness (QED) is 0.694. The molecule has 2 heteroatoms. The van der Waals surface area contributed by atoms with Crippen molar-refractivity contribution in [1.29, 1.82) is 0 Å². The Morgan fingerprint density at radius 3 is 2.53 bits per heavy atom. The van der Waals surface area contributed by atoms with Gasteiger partial charge in [0.05, 0.1) is 0 Å². The van der Waals surface area contributed by atoms with Crippen LogP contribution >= 0.6 is 7.14 Å². The van der Waals surface area contributed by atoms with E-state index >= 15 is 0 Å². The Morgan fingerprint density at radius 1 is 1.20 bits per heavy atom. The summed E-state index contributed by atoms with van der Waals surface area (Å²) in [7, 11) is -2.31. The van der Waals surface area contributed by atoms with Crippen molar-refractivity contribution in [2.24, 2.45) is 0 Å². The molecule has 0 aromatic heterocycles. The summed E-state index contributed by atoms with van der Waals surface area (Å²) in [5.74, 6) is 0. The summed E-state index contributed by atoms with van der Waals surface area (Å²) in [6, 6.07) is 9.77. The van der Waals surface area contributed by atoms with E-state index in [0.717, 1.165) is 23.5 Å². The summed E-state index contributed by atoms with van der Waals surface area (Å²) >= 11 is 0. The van der Waals surface area contributed by atoms with Crippen molar-refractivity contribution in [3.8, 4) is 0 Å². The Balaban J connectivity index is 2.39. The van der Waals surface area contributed by atoms with Gasteiger partial charge in [-0.15, -0.1) is 0 Å². The molecule has 1 aliphatic rings. The summed E-state index contributed by atoms with van der Waals surface area (Å²) in [6.07, 6.45) is 8.08. The molecule has 0 spiro atoms. The zero-order valence-electron chi connectivity index (χ0n) is 8.89. The standard InChI is InChI=1S/C13H15OP/c1-15(14,12-8-4-2-5-9-12)13-10-6-3-7-11-13/h2-6,8-10H,7,11H2,1H3. The first-order valence-electron chi connectivity index (χ1n) is 5.20. The van der Waals surface area contributed by atoms with Crippen molar-refractivity contribution in [2.45, 2.75) is 12.8 Å². The molecule has 1 atom stereocenters. The summed E-state index contributed by atoms with van der Waals surface area (Å²) in [5, 5.41) is 2.06. The molecule has 1 unspecified atom stereocenters. The maximum atomic E-state index is 12.7. The second kappa shape index (κ2) is 4.20. The van der Waals surface area contributed by atoms with Crippen molar-refractivity contribution < 1.29 is 4.57 Å². The van der Waals surface area contributed by atoms with Crippen molar-refractivity contribution in [3.63, 3.8) is 0 Å². The highest BCUT2D eigenvalue weighted by Crippen LogP contribution is 2.51. The van der Waals surface area contributed by atoms with E-state index in [1.165, 1.54) is 0 Å². The Labute approximate surface area is 90.9 Å². The van der Waals surface area contributed by atoms with Crippen LogP contribution in [-0.4, -0.2) is 6.66 Å². The Morgan fingerprint density at radius 2 is 1.93 bits per heavy atom. The Hall–Kier alpha value is -1.07.